The maximum absolute atomic E-state index is 11.9. The molecular weight excluding hydrogens is 288 g/mol. The molecular formula is C10H14N4O5S. The van der Waals surface area contributed by atoms with E-state index in [9.17, 15) is 18.0 Å². The fourth-order valence-electron chi connectivity index (χ4n) is 1.77. The Kier molecular flexibility index (Phi) is 3.93. The van der Waals surface area contributed by atoms with Gasteiger partial charge >= 0.3 is 12.0 Å². The van der Waals surface area contributed by atoms with Gasteiger partial charge in [-0.15, -0.1) is 0 Å². The van der Waals surface area contributed by atoms with Gasteiger partial charge in [0.15, 0.2) is 9.84 Å². The highest BCUT2D eigenvalue weighted by Crippen LogP contribution is 2.09. The molecule has 2 N–H and O–H groups in total. The third-order valence-corrected chi connectivity index (χ3v) is 4.42. The van der Waals surface area contributed by atoms with Crippen molar-refractivity contribution in [3.63, 3.8) is 0 Å². The van der Waals surface area contributed by atoms with Crippen LogP contribution in [-0.2, 0) is 21.2 Å². The van der Waals surface area contributed by atoms with Crippen LogP contribution in [0.15, 0.2) is 12.4 Å². The number of hydrogen-bond donors (Lipinski definition) is 2. The first-order chi connectivity index (χ1) is 9.35. The second-order valence-corrected chi connectivity index (χ2v) is 6.69. The highest BCUT2D eigenvalue weighted by Gasteiger charge is 2.25. The van der Waals surface area contributed by atoms with Gasteiger partial charge in [0, 0.05) is 19.3 Å². The first kappa shape index (κ1) is 14.3. The molecule has 1 saturated heterocycles. The van der Waals surface area contributed by atoms with E-state index in [4.69, 9.17) is 5.11 Å². The van der Waals surface area contributed by atoms with Crippen LogP contribution in [0.4, 0.5) is 10.5 Å². The van der Waals surface area contributed by atoms with Crippen LogP contribution in [0.25, 0.3) is 0 Å². The number of urea groups is 1. The van der Waals surface area contributed by atoms with Gasteiger partial charge in [-0.05, 0) is 0 Å². The number of carbonyl (C=O) groups excluding carboxylic acids is 1. The van der Waals surface area contributed by atoms with Crippen LogP contribution < -0.4 is 5.32 Å². The number of hydrogen-bond acceptors (Lipinski definition) is 5. The molecule has 0 bridgehead atoms. The van der Waals surface area contributed by atoms with Gasteiger partial charge in [0.25, 0.3) is 0 Å². The molecule has 1 aromatic heterocycles. The van der Waals surface area contributed by atoms with Gasteiger partial charge in [-0.3, -0.25) is 9.48 Å². The largest absolute Gasteiger partial charge is 0.480 e. The molecule has 0 spiro atoms. The number of carboxylic acids is 1. The average molecular weight is 302 g/mol. The maximum Gasteiger partial charge on any atom is 0.325 e. The van der Waals surface area contributed by atoms with Crippen molar-refractivity contribution in [2.24, 2.45) is 0 Å². The second-order valence-electron chi connectivity index (χ2n) is 4.39. The monoisotopic (exact) mass is 302 g/mol. The number of amides is 2. The Bertz CT molecular complexity index is 609. The van der Waals surface area contributed by atoms with E-state index in [-0.39, 0.29) is 31.1 Å². The van der Waals surface area contributed by atoms with Crippen LogP contribution in [0.3, 0.4) is 0 Å². The van der Waals surface area contributed by atoms with E-state index in [1.165, 1.54) is 22.0 Å². The standard InChI is InChI=1S/C10H14N4O5S/c15-9(16)7-14-6-8(5-11-14)12-10(17)13-1-3-20(18,19)4-2-13/h5-6H,1-4,7H2,(H,12,17)(H,15,16). The molecule has 0 aromatic carbocycles. The Morgan fingerprint density at radius 3 is 2.60 bits per heavy atom. The number of sulfone groups is 1. The third-order valence-electron chi connectivity index (χ3n) is 2.81. The molecule has 1 fully saturated rings. The lowest BCUT2D eigenvalue weighted by molar-refractivity contribution is -0.137. The van der Waals surface area contributed by atoms with Gasteiger partial charge in [-0.25, -0.2) is 13.2 Å². The van der Waals surface area contributed by atoms with E-state index in [0.29, 0.717) is 5.69 Å². The summed E-state index contributed by atoms with van der Waals surface area (Å²) in [6.45, 7) is 0.00663. The lowest BCUT2D eigenvalue weighted by Crippen LogP contribution is -2.45. The van der Waals surface area contributed by atoms with Gasteiger partial charge in [0.1, 0.15) is 6.54 Å². The van der Waals surface area contributed by atoms with Crippen molar-refractivity contribution in [3.8, 4) is 0 Å². The van der Waals surface area contributed by atoms with Crippen LogP contribution >= 0.6 is 0 Å². The first-order valence-electron chi connectivity index (χ1n) is 5.86. The fraction of sp³-hybridized carbons (Fsp3) is 0.500. The van der Waals surface area contributed by atoms with Gasteiger partial charge in [-0.1, -0.05) is 0 Å². The maximum atomic E-state index is 11.9. The number of rotatable bonds is 3. The molecule has 1 aliphatic heterocycles. The van der Waals surface area contributed by atoms with E-state index in [1.54, 1.807) is 0 Å². The van der Waals surface area contributed by atoms with Crippen molar-refractivity contribution >= 4 is 27.5 Å². The summed E-state index contributed by atoms with van der Waals surface area (Å²) in [6.07, 6.45) is 2.73. The van der Waals surface area contributed by atoms with Crippen LogP contribution in [-0.4, -0.2) is 64.8 Å². The number of nitrogens with one attached hydrogen (secondary N) is 1. The summed E-state index contributed by atoms with van der Waals surface area (Å²) in [5.74, 6) is -1.12. The number of aromatic nitrogens is 2. The molecule has 2 rings (SSSR count). The molecule has 2 heterocycles. The summed E-state index contributed by atoms with van der Waals surface area (Å²) in [5.41, 5.74) is 0.365. The van der Waals surface area contributed by atoms with E-state index in [0.717, 1.165) is 0 Å². The Morgan fingerprint density at radius 1 is 1.35 bits per heavy atom. The van der Waals surface area contributed by atoms with E-state index < -0.39 is 21.8 Å². The summed E-state index contributed by atoms with van der Waals surface area (Å²) in [4.78, 5) is 23.8. The van der Waals surface area contributed by atoms with E-state index in [1.807, 2.05) is 0 Å². The van der Waals surface area contributed by atoms with Crippen molar-refractivity contribution in [1.82, 2.24) is 14.7 Å². The smallest absolute Gasteiger partial charge is 0.325 e. The predicted octanol–water partition coefficient (Wildman–Crippen LogP) is -0.770. The van der Waals surface area contributed by atoms with Gasteiger partial charge < -0.3 is 15.3 Å². The Hall–Kier alpha value is -2.10. The zero-order valence-electron chi connectivity index (χ0n) is 10.5. The highest BCUT2D eigenvalue weighted by atomic mass is 32.2. The van der Waals surface area contributed by atoms with E-state index >= 15 is 0 Å². The minimum atomic E-state index is -3.03. The molecule has 0 unspecified atom stereocenters. The SMILES string of the molecule is O=C(O)Cn1cc(NC(=O)N2CCS(=O)(=O)CC2)cn1. The van der Waals surface area contributed by atoms with Crippen molar-refractivity contribution in [2.75, 3.05) is 29.9 Å². The molecule has 0 aliphatic carbocycles. The van der Waals surface area contributed by atoms with Crippen LogP contribution in [0.5, 0.6) is 0 Å². The molecule has 10 heteroatoms. The molecule has 1 aromatic rings. The van der Waals surface area contributed by atoms with Crippen LogP contribution in [0, 0.1) is 0 Å². The minimum Gasteiger partial charge on any atom is -0.480 e. The van der Waals surface area contributed by atoms with Crippen LogP contribution in [0.1, 0.15) is 0 Å². The van der Waals surface area contributed by atoms with Crippen LogP contribution in [0.2, 0.25) is 0 Å². The number of carboxylic acid groups (broad SMARTS) is 1. The van der Waals surface area contributed by atoms with Crippen molar-refractivity contribution in [3.05, 3.63) is 12.4 Å². The molecule has 1 aliphatic rings. The summed E-state index contributed by atoms with van der Waals surface area (Å²) in [6, 6.07) is -0.422. The van der Waals surface area contributed by atoms with Gasteiger partial charge in [0.2, 0.25) is 0 Å². The summed E-state index contributed by atoms with van der Waals surface area (Å²) in [7, 11) is -3.03. The molecule has 0 radical (unpaired) electrons. The molecule has 0 atom stereocenters. The molecule has 20 heavy (non-hydrogen) atoms. The quantitative estimate of drug-likeness (QED) is 0.756. The fourth-order valence-corrected chi connectivity index (χ4v) is 2.97. The topological polar surface area (TPSA) is 122 Å². The van der Waals surface area contributed by atoms with E-state index in [2.05, 4.69) is 10.4 Å². The number of aliphatic carboxylic acids is 1. The number of anilines is 1. The first-order valence-corrected chi connectivity index (χ1v) is 7.68. The second kappa shape index (κ2) is 5.49. The summed E-state index contributed by atoms with van der Waals surface area (Å²) >= 11 is 0. The zero-order chi connectivity index (χ0) is 14.8. The van der Waals surface area contributed by atoms with Gasteiger partial charge in [0.05, 0.1) is 23.4 Å². The Balaban J connectivity index is 1.91. The lowest BCUT2D eigenvalue weighted by atomic mass is 10.5. The molecule has 0 saturated carbocycles. The normalized spacial score (nSPS) is 17.7. The predicted molar refractivity (Wildman–Crippen MR) is 69.1 cm³/mol. The lowest BCUT2D eigenvalue weighted by Gasteiger charge is -2.26. The molecule has 2 amide bonds. The zero-order valence-corrected chi connectivity index (χ0v) is 11.3. The minimum absolute atomic E-state index is 0.0430. The summed E-state index contributed by atoms with van der Waals surface area (Å²) in [5, 5.41) is 14.9. The Morgan fingerprint density at radius 2 is 2.00 bits per heavy atom. The highest BCUT2D eigenvalue weighted by molar-refractivity contribution is 7.91. The van der Waals surface area contributed by atoms with Crippen molar-refractivity contribution < 1.29 is 23.1 Å². The third kappa shape index (κ3) is 3.70. The average Bonchev–Trinajstić information content (AvgIpc) is 2.75. The number of carbonyl (C=O) groups is 2. The Labute approximate surface area is 115 Å². The van der Waals surface area contributed by atoms with Crippen molar-refractivity contribution in [1.29, 1.82) is 0 Å². The molecule has 110 valence electrons. The number of nitrogens with zero attached hydrogens (tertiary/aromatic N) is 3. The molecule has 9 nitrogen and oxygen atoms in total. The van der Waals surface area contributed by atoms with Crippen molar-refractivity contribution in [2.45, 2.75) is 6.54 Å². The summed E-state index contributed by atoms with van der Waals surface area (Å²) < 4.78 is 23.7. The van der Waals surface area contributed by atoms with Gasteiger partial charge in [-0.2, -0.15) is 5.10 Å².